The molecule has 0 rings (SSSR count). The highest BCUT2D eigenvalue weighted by atomic mass is 16.6. The Bertz CT molecular complexity index is 374. The van der Waals surface area contributed by atoms with Crippen LogP contribution >= 0.6 is 0 Å². The van der Waals surface area contributed by atoms with Crippen molar-refractivity contribution in [1.82, 2.24) is 0 Å². The van der Waals surface area contributed by atoms with E-state index in [4.69, 9.17) is 53.1 Å². The van der Waals surface area contributed by atoms with Crippen molar-refractivity contribution in [3.05, 3.63) is 0 Å². The summed E-state index contributed by atoms with van der Waals surface area (Å²) >= 11 is 0. The molecule has 0 spiro atoms. The first-order valence-corrected chi connectivity index (χ1v) is 14.4. The van der Waals surface area contributed by atoms with E-state index in [1.54, 1.807) is 0 Å². The van der Waals surface area contributed by atoms with Crippen LogP contribution in [-0.2, 0) is 47.4 Å². The van der Waals surface area contributed by atoms with Crippen molar-refractivity contribution >= 4 is 0 Å². The molecule has 0 saturated carbocycles. The van der Waals surface area contributed by atoms with Gasteiger partial charge in [0.1, 0.15) is 0 Å². The van der Waals surface area contributed by atoms with Gasteiger partial charge in [-0.3, -0.25) is 0 Å². The summed E-state index contributed by atoms with van der Waals surface area (Å²) in [5, 5.41) is 0. The van der Waals surface area contributed by atoms with Crippen LogP contribution < -0.4 is 5.73 Å². The molecule has 0 aliphatic rings. The molecule has 0 heterocycles. The van der Waals surface area contributed by atoms with Gasteiger partial charge < -0.3 is 53.1 Å². The number of unbranched alkanes of at least 4 members (excludes halogenated alkanes) is 4. The van der Waals surface area contributed by atoms with E-state index in [0.29, 0.717) is 132 Å². The fourth-order valence-electron chi connectivity index (χ4n) is 2.97. The fourth-order valence-corrected chi connectivity index (χ4v) is 2.97. The number of rotatable bonds is 35. The van der Waals surface area contributed by atoms with Crippen LogP contribution in [-0.4, -0.2) is 139 Å². The molecule has 0 aromatic heterocycles. The topological polar surface area (TPSA) is 118 Å². The van der Waals surface area contributed by atoms with Gasteiger partial charge in [0.25, 0.3) is 0 Å². The van der Waals surface area contributed by atoms with Gasteiger partial charge in [-0.05, 0) is 6.42 Å². The Morgan fingerprint density at radius 1 is 0.289 bits per heavy atom. The maximum atomic E-state index is 5.55. The Hall–Kier alpha value is -0.440. The van der Waals surface area contributed by atoms with E-state index in [9.17, 15) is 0 Å². The van der Waals surface area contributed by atoms with Crippen molar-refractivity contribution in [3.8, 4) is 0 Å². The molecule has 2 N–H and O–H groups in total. The Morgan fingerprint density at radius 3 is 0.789 bits per heavy atom. The second kappa shape index (κ2) is 36.6. The fraction of sp³-hybridized carbons (Fsp3) is 1.00. The molecule has 11 heteroatoms. The normalized spacial score (nSPS) is 11.5. The zero-order valence-corrected chi connectivity index (χ0v) is 24.0. The van der Waals surface area contributed by atoms with Crippen LogP contribution in [0.15, 0.2) is 0 Å². The summed E-state index contributed by atoms with van der Waals surface area (Å²) in [6.07, 6.45) is 6.29. The SMILES string of the molecule is CCCCCCCOCCOCCOCCOCCOCCOCCOCCOCCOCCOCCN. The van der Waals surface area contributed by atoms with Crippen LogP contribution in [0.4, 0.5) is 0 Å². The average Bonchev–Trinajstić information content (AvgIpc) is 2.93. The molecular weight excluding hydrogens is 498 g/mol. The van der Waals surface area contributed by atoms with E-state index in [1.165, 1.54) is 25.7 Å². The summed E-state index contributed by atoms with van der Waals surface area (Å²) < 4.78 is 54.3. The molecule has 0 aliphatic carbocycles. The molecule has 0 amide bonds. The average molecular weight is 556 g/mol. The highest BCUT2D eigenvalue weighted by Crippen LogP contribution is 2.02. The highest BCUT2D eigenvalue weighted by molar-refractivity contribution is 4.42. The third-order valence-corrected chi connectivity index (χ3v) is 5.00. The molecule has 0 aromatic rings. The number of hydrogen-bond donors (Lipinski definition) is 1. The third kappa shape index (κ3) is 35.6. The first kappa shape index (κ1) is 37.6. The summed E-state index contributed by atoms with van der Waals surface area (Å²) in [6.45, 7) is 14.1. The van der Waals surface area contributed by atoms with Crippen molar-refractivity contribution in [2.24, 2.45) is 5.73 Å². The molecular formula is C27H57NO10. The predicted octanol–water partition coefficient (Wildman–Crippen LogP) is 2.08. The zero-order valence-electron chi connectivity index (χ0n) is 24.0. The van der Waals surface area contributed by atoms with Crippen molar-refractivity contribution in [2.45, 2.75) is 39.0 Å². The summed E-state index contributed by atoms with van der Waals surface area (Å²) in [7, 11) is 0. The first-order valence-electron chi connectivity index (χ1n) is 14.4. The zero-order chi connectivity index (χ0) is 27.5. The van der Waals surface area contributed by atoms with Crippen LogP contribution in [0.1, 0.15) is 39.0 Å². The number of hydrogen-bond acceptors (Lipinski definition) is 11. The Morgan fingerprint density at radius 2 is 0.526 bits per heavy atom. The monoisotopic (exact) mass is 555 g/mol. The van der Waals surface area contributed by atoms with Gasteiger partial charge in [0, 0.05) is 13.2 Å². The van der Waals surface area contributed by atoms with Crippen LogP contribution in [0, 0.1) is 0 Å². The van der Waals surface area contributed by atoms with Crippen LogP contribution in [0.2, 0.25) is 0 Å². The number of ether oxygens (including phenoxy) is 10. The van der Waals surface area contributed by atoms with Gasteiger partial charge in [-0.25, -0.2) is 0 Å². The van der Waals surface area contributed by atoms with Crippen molar-refractivity contribution in [1.29, 1.82) is 0 Å². The van der Waals surface area contributed by atoms with Gasteiger partial charge in [-0.2, -0.15) is 0 Å². The second-order valence-corrected chi connectivity index (χ2v) is 8.33. The Labute approximate surface area is 231 Å². The van der Waals surface area contributed by atoms with Crippen LogP contribution in [0.3, 0.4) is 0 Å². The molecule has 0 saturated heterocycles. The summed E-state index contributed by atoms with van der Waals surface area (Å²) in [6, 6.07) is 0. The summed E-state index contributed by atoms with van der Waals surface area (Å²) in [5.41, 5.74) is 5.32. The van der Waals surface area contributed by atoms with Crippen molar-refractivity contribution in [3.63, 3.8) is 0 Å². The van der Waals surface area contributed by atoms with E-state index >= 15 is 0 Å². The molecule has 0 aromatic carbocycles. The van der Waals surface area contributed by atoms with Gasteiger partial charge in [0.2, 0.25) is 0 Å². The van der Waals surface area contributed by atoms with Crippen LogP contribution in [0.25, 0.3) is 0 Å². The molecule has 0 bridgehead atoms. The quantitative estimate of drug-likeness (QED) is 0.116. The molecule has 0 radical (unpaired) electrons. The molecule has 0 unspecified atom stereocenters. The van der Waals surface area contributed by atoms with E-state index in [-0.39, 0.29) is 0 Å². The van der Waals surface area contributed by atoms with Gasteiger partial charge in [0.15, 0.2) is 0 Å². The van der Waals surface area contributed by atoms with Gasteiger partial charge >= 0.3 is 0 Å². The lowest BCUT2D eigenvalue weighted by molar-refractivity contribution is -0.0263. The Kier molecular flexibility index (Phi) is 36.1. The van der Waals surface area contributed by atoms with E-state index in [1.807, 2.05) is 0 Å². The molecule has 11 nitrogen and oxygen atoms in total. The van der Waals surface area contributed by atoms with Crippen molar-refractivity contribution < 1.29 is 47.4 Å². The molecule has 0 fully saturated rings. The van der Waals surface area contributed by atoms with Crippen molar-refractivity contribution in [2.75, 3.05) is 139 Å². The minimum Gasteiger partial charge on any atom is -0.379 e. The minimum atomic E-state index is 0.527. The van der Waals surface area contributed by atoms with Crippen LogP contribution in [0.5, 0.6) is 0 Å². The Balaban J connectivity index is 3.01. The second-order valence-electron chi connectivity index (χ2n) is 8.33. The lowest BCUT2D eigenvalue weighted by atomic mass is 10.2. The summed E-state index contributed by atoms with van der Waals surface area (Å²) in [4.78, 5) is 0. The van der Waals surface area contributed by atoms with Gasteiger partial charge in [0.05, 0.1) is 126 Å². The lowest BCUT2D eigenvalue weighted by Gasteiger charge is -2.09. The van der Waals surface area contributed by atoms with Gasteiger partial charge in [-0.1, -0.05) is 32.6 Å². The van der Waals surface area contributed by atoms with E-state index in [2.05, 4.69) is 6.92 Å². The molecule has 0 aliphatic heterocycles. The largest absolute Gasteiger partial charge is 0.379 e. The number of nitrogens with two attached hydrogens (primary N) is 1. The smallest absolute Gasteiger partial charge is 0.0701 e. The van der Waals surface area contributed by atoms with E-state index < -0.39 is 0 Å². The highest BCUT2D eigenvalue weighted by Gasteiger charge is 1.96. The maximum Gasteiger partial charge on any atom is 0.0701 e. The van der Waals surface area contributed by atoms with Gasteiger partial charge in [-0.15, -0.1) is 0 Å². The third-order valence-electron chi connectivity index (χ3n) is 5.00. The first-order chi connectivity index (χ1) is 18.9. The molecule has 0 atom stereocenters. The van der Waals surface area contributed by atoms with E-state index in [0.717, 1.165) is 13.0 Å². The maximum absolute atomic E-state index is 5.55. The lowest BCUT2D eigenvalue weighted by Crippen LogP contribution is -2.15. The summed E-state index contributed by atoms with van der Waals surface area (Å²) in [5.74, 6) is 0. The standard InChI is InChI=1S/C27H57NO10/c1-2-3-4-5-6-8-29-10-12-31-14-16-33-18-20-35-22-24-37-26-27-38-25-23-36-21-19-34-17-15-32-13-11-30-9-7-28/h2-28H2,1H3. The minimum absolute atomic E-state index is 0.527. The predicted molar refractivity (Wildman–Crippen MR) is 146 cm³/mol. The molecule has 38 heavy (non-hydrogen) atoms. The molecule has 230 valence electrons.